The average Bonchev–Trinajstić information content (AvgIpc) is 3.16. The van der Waals surface area contributed by atoms with E-state index in [4.69, 9.17) is 4.74 Å². The summed E-state index contributed by atoms with van der Waals surface area (Å²) in [4.78, 5) is 26.3. The van der Waals surface area contributed by atoms with Crippen LogP contribution in [0.4, 0.5) is 5.69 Å². The number of anilines is 1. The van der Waals surface area contributed by atoms with Crippen molar-refractivity contribution < 1.29 is 14.3 Å². The van der Waals surface area contributed by atoms with Crippen molar-refractivity contribution in [2.75, 3.05) is 11.9 Å². The van der Waals surface area contributed by atoms with Crippen LogP contribution in [0.5, 0.6) is 5.75 Å². The summed E-state index contributed by atoms with van der Waals surface area (Å²) >= 11 is 0. The molecule has 0 radical (unpaired) electrons. The predicted octanol–water partition coefficient (Wildman–Crippen LogP) is 5.44. The number of Topliss-reactive ketones (excluding diaryl/α,β-unsaturated/α-hetero) is 1. The van der Waals surface area contributed by atoms with E-state index < -0.39 is 11.7 Å². The molecule has 5 heteroatoms. The highest BCUT2D eigenvalue weighted by Gasteiger charge is 2.25. The molecule has 2 aromatic heterocycles. The average molecular weight is 412 g/mol. The minimum Gasteiger partial charge on any atom is -0.494 e. The van der Waals surface area contributed by atoms with Gasteiger partial charge in [0, 0.05) is 23.0 Å². The van der Waals surface area contributed by atoms with Gasteiger partial charge in [-0.3, -0.25) is 9.59 Å². The van der Waals surface area contributed by atoms with Crippen molar-refractivity contribution in [2.45, 2.75) is 20.8 Å². The topological polar surface area (TPSA) is 59.8 Å². The van der Waals surface area contributed by atoms with E-state index >= 15 is 0 Å². The van der Waals surface area contributed by atoms with E-state index in [1.54, 1.807) is 10.6 Å². The molecule has 0 fully saturated rings. The Morgan fingerprint density at radius 2 is 1.74 bits per heavy atom. The number of amides is 1. The lowest BCUT2D eigenvalue weighted by atomic mass is 10.0. The summed E-state index contributed by atoms with van der Waals surface area (Å²) in [6, 6.07) is 20.9. The Morgan fingerprint density at radius 3 is 2.48 bits per heavy atom. The number of pyridine rings is 1. The zero-order chi connectivity index (χ0) is 22.0. The molecule has 0 spiro atoms. The van der Waals surface area contributed by atoms with Crippen molar-refractivity contribution in [1.82, 2.24) is 4.40 Å². The van der Waals surface area contributed by atoms with E-state index in [2.05, 4.69) is 5.32 Å². The predicted molar refractivity (Wildman–Crippen MR) is 123 cm³/mol. The van der Waals surface area contributed by atoms with Gasteiger partial charge < -0.3 is 14.5 Å². The second-order valence-corrected chi connectivity index (χ2v) is 7.46. The SMILES string of the molecule is CCOc1ccc(-c2cc3ccccn3c2C(=O)C(=O)Nc2cc(C)ccc2C)cc1. The third-order valence-electron chi connectivity index (χ3n) is 5.22. The van der Waals surface area contributed by atoms with Crippen LogP contribution in [0.1, 0.15) is 28.5 Å². The lowest BCUT2D eigenvalue weighted by Crippen LogP contribution is -2.25. The number of aromatic nitrogens is 1. The first-order valence-electron chi connectivity index (χ1n) is 10.2. The second kappa shape index (κ2) is 8.48. The number of hydrogen-bond acceptors (Lipinski definition) is 3. The molecule has 4 rings (SSSR count). The number of fused-ring (bicyclic) bond motifs is 1. The number of nitrogens with one attached hydrogen (secondary N) is 1. The van der Waals surface area contributed by atoms with E-state index in [9.17, 15) is 9.59 Å². The van der Waals surface area contributed by atoms with Crippen LogP contribution < -0.4 is 10.1 Å². The van der Waals surface area contributed by atoms with Crippen molar-refractivity contribution >= 4 is 22.9 Å². The third-order valence-corrected chi connectivity index (χ3v) is 5.22. The Morgan fingerprint density at radius 1 is 0.968 bits per heavy atom. The molecule has 4 aromatic rings. The Hall–Kier alpha value is -3.86. The van der Waals surface area contributed by atoms with Gasteiger partial charge in [-0.25, -0.2) is 0 Å². The molecule has 2 aromatic carbocycles. The number of carbonyl (C=O) groups excluding carboxylic acids is 2. The van der Waals surface area contributed by atoms with Crippen LogP contribution >= 0.6 is 0 Å². The summed E-state index contributed by atoms with van der Waals surface area (Å²) in [5.41, 5.74) is 5.28. The molecule has 1 N–H and O–H groups in total. The maximum atomic E-state index is 13.3. The largest absolute Gasteiger partial charge is 0.494 e. The normalized spacial score (nSPS) is 10.8. The first-order valence-corrected chi connectivity index (χ1v) is 10.2. The molecule has 0 unspecified atom stereocenters. The van der Waals surface area contributed by atoms with Crippen LogP contribution in [0.25, 0.3) is 16.6 Å². The van der Waals surface area contributed by atoms with Crippen LogP contribution in [0, 0.1) is 13.8 Å². The number of nitrogens with zero attached hydrogens (tertiary/aromatic N) is 1. The monoisotopic (exact) mass is 412 g/mol. The molecule has 31 heavy (non-hydrogen) atoms. The number of ketones is 1. The van der Waals surface area contributed by atoms with Crippen LogP contribution in [0.3, 0.4) is 0 Å². The molecule has 0 bridgehead atoms. The van der Waals surface area contributed by atoms with Crippen molar-refractivity contribution in [3.05, 3.63) is 89.7 Å². The molecule has 2 heterocycles. The molecule has 0 aliphatic heterocycles. The fourth-order valence-electron chi connectivity index (χ4n) is 3.63. The van der Waals surface area contributed by atoms with E-state index in [0.29, 0.717) is 23.6 Å². The fraction of sp³-hybridized carbons (Fsp3) is 0.154. The van der Waals surface area contributed by atoms with Gasteiger partial charge in [0.2, 0.25) is 0 Å². The van der Waals surface area contributed by atoms with E-state index in [-0.39, 0.29) is 0 Å². The number of carbonyl (C=O) groups is 2. The minimum atomic E-state index is -0.662. The molecule has 0 saturated heterocycles. The van der Waals surface area contributed by atoms with Gasteiger partial charge in [0.1, 0.15) is 11.4 Å². The van der Waals surface area contributed by atoms with Crippen molar-refractivity contribution in [3.8, 4) is 16.9 Å². The minimum absolute atomic E-state index is 0.336. The van der Waals surface area contributed by atoms with Gasteiger partial charge in [-0.05, 0) is 73.9 Å². The van der Waals surface area contributed by atoms with E-state index in [0.717, 1.165) is 28.0 Å². The molecule has 0 saturated carbocycles. The zero-order valence-electron chi connectivity index (χ0n) is 17.8. The van der Waals surface area contributed by atoms with Crippen molar-refractivity contribution in [1.29, 1.82) is 0 Å². The van der Waals surface area contributed by atoms with Crippen LogP contribution in [-0.4, -0.2) is 22.7 Å². The molecule has 0 atom stereocenters. The Balaban J connectivity index is 1.75. The third kappa shape index (κ3) is 4.08. The molecule has 0 aliphatic rings. The fourth-order valence-corrected chi connectivity index (χ4v) is 3.63. The van der Waals surface area contributed by atoms with Crippen LogP contribution in [-0.2, 0) is 4.79 Å². The first kappa shape index (κ1) is 20.4. The van der Waals surface area contributed by atoms with Gasteiger partial charge in [0.05, 0.1) is 6.61 Å². The van der Waals surface area contributed by atoms with Crippen LogP contribution in [0.15, 0.2) is 72.9 Å². The zero-order valence-corrected chi connectivity index (χ0v) is 17.8. The van der Waals surface area contributed by atoms with Crippen molar-refractivity contribution in [2.24, 2.45) is 0 Å². The summed E-state index contributed by atoms with van der Waals surface area (Å²) in [6.45, 7) is 6.36. The lowest BCUT2D eigenvalue weighted by Gasteiger charge is -2.10. The quantitative estimate of drug-likeness (QED) is 0.339. The molecular weight excluding hydrogens is 388 g/mol. The van der Waals surface area contributed by atoms with Crippen molar-refractivity contribution in [3.63, 3.8) is 0 Å². The summed E-state index contributed by atoms with van der Waals surface area (Å²) in [5.74, 6) is -0.490. The Kier molecular flexibility index (Phi) is 5.58. The number of hydrogen-bond donors (Lipinski definition) is 1. The van der Waals surface area contributed by atoms with Gasteiger partial charge in [0.25, 0.3) is 11.7 Å². The highest BCUT2D eigenvalue weighted by Crippen LogP contribution is 2.30. The van der Waals surface area contributed by atoms with E-state index in [1.165, 1.54) is 0 Å². The lowest BCUT2D eigenvalue weighted by molar-refractivity contribution is -0.112. The summed E-state index contributed by atoms with van der Waals surface area (Å²) in [7, 11) is 0. The summed E-state index contributed by atoms with van der Waals surface area (Å²) in [6.07, 6.45) is 1.80. The van der Waals surface area contributed by atoms with Gasteiger partial charge in [0.15, 0.2) is 0 Å². The first-order chi connectivity index (χ1) is 15.0. The molecule has 156 valence electrons. The van der Waals surface area contributed by atoms with Gasteiger partial charge in [-0.2, -0.15) is 0 Å². The summed E-state index contributed by atoms with van der Waals surface area (Å²) < 4.78 is 7.28. The summed E-state index contributed by atoms with van der Waals surface area (Å²) in [5, 5.41) is 2.79. The number of aryl methyl sites for hydroxylation is 2. The van der Waals surface area contributed by atoms with Crippen LogP contribution in [0.2, 0.25) is 0 Å². The van der Waals surface area contributed by atoms with E-state index in [1.807, 2.05) is 87.5 Å². The van der Waals surface area contributed by atoms with Gasteiger partial charge in [-0.15, -0.1) is 0 Å². The highest BCUT2D eigenvalue weighted by molar-refractivity contribution is 6.47. The number of benzene rings is 2. The molecule has 1 amide bonds. The standard InChI is InChI=1S/C26H24N2O3/c1-4-31-21-12-10-19(11-13-21)22-16-20-7-5-6-14-28(20)24(22)25(29)26(30)27-23-15-17(2)8-9-18(23)3/h5-16H,4H2,1-3H3,(H,27,30). The molecular formula is C26H24N2O3. The van der Waals surface area contributed by atoms with Gasteiger partial charge >= 0.3 is 0 Å². The Bertz CT molecular complexity index is 1270. The molecule has 5 nitrogen and oxygen atoms in total. The number of rotatable bonds is 6. The maximum absolute atomic E-state index is 13.3. The smallest absolute Gasteiger partial charge is 0.298 e. The van der Waals surface area contributed by atoms with Gasteiger partial charge in [-0.1, -0.05) is 30.3 Å². The molecule has 0 aliphatic carbocycles. The Labute approximate surface area is 181 Å². The highest BCUT2D eigenvalue weighted by atomic mass is 16.5. The maximum Gasteiger partial charge on any atom is 0.298 e. The second-order valence-electron chi connectivity index (χ2n) is 7.46. The number of ether oxygens (including phenoxy) is 1.